The number of nitrogens with one attached hydrogen (secondary N) is 1. The number of benzene rings is 1. The average molecular weight is 263 g/mol. The fraction of sp³-hybridized carbons (Fsp3) is 0.333. The topological polar surface area (TPSA) is 34.4 Å². The summed E-state index contributed by atoms with van der Waals surface area (Å²) in [7, 11) is 1.46. The molecule has 0 spiro atoms. The van der Waals surface area contributed by atoms with E-state index in [9.17, 15) is 4.39 Å². The highest BCUT2D eigenvalue weighted by Gasteiger charge is 2.17. The molecule has 0 fully saturated rings. The molecule has 4 heteroatoms. The van der Waals surface area contributed by atoms with Crippen LogP contribution in [0.1, 0.15) is 30.7 Å². The normalized spacial score (nSPS) is 12.4. The third-order valence-electron chi connectivity index (χ3n) is 2.93. The van der Waals surface area contributed by atoms with E-state index in [1.807, 2.05) is 12.1 Å². The monoisotopic (exact) mass is 263 g/mol. The lowest BCUT2D eigenvalue weighted by molar-refractivity contribution is 0.384. The molecule has 1 aromatic heterocycles. The van der Waals surface area contributed by atoms with Gasteiger partial charge in [0.05, 0.1) is 19.4 Å². The third kappa shape index (κ3) is 3.15. The van der Waals surface area contributed by atoms with Gasteiger partial charge in [-0.25, -0.2) is 4.39 Å². The van der Waals surface area contributed by atoms with E-state index in [1.54, 1.807) is 18.4 Å². The van der Waals surface area contributed by atoms with Crippen LogP contribution < -0.4 is 10.1 Å². The molecule has 0 saturated carbocycles. The van der Waals surface area contributed by atoms with Gasteiger partial charge >= 0.3 is 0 Å². The lowest BCUT2D eigenvalue weighted by atomic mass is 10.0. The Balaban J connectivity index is 2.32. The molecule has 19 heavy (non-hydrogen) atoms. The van der Waals surface area contributed by atoms with Gasteiger partial charge in [0.1, 0.15) is 5.76 Å². The van der Waals surface area contributed by atoms with E-state index in [1.165, 1.54) is 13.2 Å². The Hall–Kier alpha value is -1.81. The van der Waals surface area contributed by atoms with Gasteiger partial charge in [-0.15, -0.1) is 0 Å². The van der Waals surface area contributed by atoms with Crippen molar-refractivity contribution in [2.45, 2.75) is 19.4 Å². The minimum Gasteiger partial charge on any atom is -0.494 e. The summed E-state index contributed by atoms with van der Waals surface area (Å²) in [6.45, 7) is 2.95. The van der Waals surface area contributed by atoms with Crippen LogP contribution in [-0.2, 0) is 0 Å². The van der Waals surface area contributed by atoms with Crippen LogP contribution in [0.3, 0.4) is 0 Å². The number of furan rings is 1. The summed E-state index contributed by atoms with van der Waals surface area (Å²) in [4.78, 5) is 0. The van der Waals surface area contributed by atoms with Gasteiger partial charge in [-0.05, 0) is 42.8 Å². The summed E-state index contributed by atoms with van der Waals surface area (Å²) in [5.74, 6) is 0.689. The second kappa shape index (κ2) is 6.38. The molecule has 1 N–H and O–H groups in total. The predicted octanol–water partition coefficient (Wildman–Crippen LogP) is 3.52. The van der Waals surface area contributed by atoms with Gasteiger partial charge in [0.15, 0.2) is 11.6 Å². The number of hydrogen-bond donors (Lipinski definition) is 1. The molecule has 2 rings (SSSR count). The quantitative estimate of drug-likeness (QED) is 0.866. The van der Waals surface area contributed by atoms with Crippen LogP contribution in [0.4, 0.5) is 4.39 Å². The first-order valence-electron chi connectivity index (χ1n) is 6.36. The van der Waals surface area contributed by atoms with E-state index in [4.69, 9.17) is 9.15 Å². The van der Waals surface area contributed by atoms with E-state index in [0.29, 0.717) is 0 Å². The minimum absolute atomic E-state index is 0.0931. The summed E-state index contributed by atoms with van der Waals surface area (Å²) >= 11 is 0. The summed E-state index contributed by atoms with van der Waals surface area (Å²) in [5.41, 5.74) is 0.918. The summed E-state index contributed by atoms with van der Waals surface area (Å²) in [6.07, 6.45) is 2.65. The zero-order valence-corrected chi connectivity index (χ0v) is 11.2. The van der Waals surface area contributed by atoms with Crippen LogP contribution >= 0.6 is 0 Å². The van der Waals surface area contributed by atoms with E-state index in [-0.39, 0.29) is 17.6 Å². The molecule has 2 aromatic rings. The highest BCUT2D eigenvalue weighted by atomic mass is 19.1. The molecule has 1 heterocycles. The van der Waals surface area contributed by atoms with Crippen molar-refractivity contribution in [2.75, 3.05) is 13.7 Å². The molecule has 0 aliphatic heterocycles. The van der Waals surface area contributed by atoms with Gasteiger partial charge in [0, 0.05) is 0 Å². The Bertz CT molecular complexity index is 511. The fourth-order valence-corrected chi connectivity index (χ4v) is 1.98. The van der Waals surface area contributed by atoms with Gasteiger partial charge in [0.2, 0.25) is 0 Å². The minimum atomic E-state index is -0.361. The largest absolute Gasteiger partial charge is 0.494 e. The van der Waals surface area contributed by atoms with Crippen molar-refractivity contribution >= 4 is 0 Å². The summed E-state index contributed by atoms with van der Waals surface area (Å²) in [5, 5.41) is 3.39. The number of halogens is 1. The molecule has 1 atom stereocenters. The molecule has 0 bridgehead atoms. The van der Waals surface area contributed by atoms with Crippen molar-refractivity contribution < 1.29 is 13.5 Å². The Morgan fingerprint density at radius 2 is 2.21 bits per heavy atom. The highest BCUT2D eigenvalue weighted by molar-refractivity contribution is 5.35. The van der Waals surface area contributed by atoms with Crippen molar-refractivity contribution in [1.82, 2.24) is 5.32 Å². The molecule has 0 aliphatic rings. The molecule has 3 nitrogen and oxygen atoms in total. The smallest absolute Gasteiger partial charge is 0.165 e. The first kappa shape index (κ1) is 13.6. The molecule has 102 valence electrons. The zero-order valence-electron chi connectivity index (χ0n) is 11.2. The van der Waals surface area contributed by atoms with Crippen molar-refractivity contribution in [3.63, 3.8) is 0 Å². The maximum absolute atomic E-state index is 13.5. The first-order chi connectivity index (χ1) is 9.26. The van der Waals surface area contributed by atoms with Crippen LogP contribution in [0.25, 0.3) is 0 Å². The maximum atomic E-state index is 13.5. The third-order valence-corrected chi connectivity index (χ3v) is 2.93. The Morgan fingerprint density at radius 1 is 1.37 bits per heavy atom. The van der Waals surface area contributed by atoms with Gasteiger partial charge in [-0.3, -0.25) is 0 Å². The van der Waals surface area contributed by atoms with Gasteiger partial charge in [-0.1, -0.05) is 13.0 Å². The first-order valence-corrected chi connectivity index (χ1v) is 6.36. The molecule has 1 aromatic carbocycles. The number of methoxy groups -OCH3 is 1. The lowest BCUT2D eigenvalue weighted by Gasteiger charge is -2.17. The number of rotatable bonds is 6. The van der Waals surface area contributed by atoms with Crippen LogP contribution in [0.5, 0.6) is 5.75 Å². The van der Waals surface area contributed by atoms with Gasteiger partial charge < -0.3 is 14.5 Å². The molecular formula is C15H18FNO2. The molecule has 1 unspecified atom stereocenters. The van der Waals surface area contributed by atoms with Crippen molar-refractivity contribution in [3.05, 3.63) is 53.7 Å². The zero-order chi connectivity index (χ0) is 13.7. The fourth-order valence-electron chi connectivity index (χ4n) is 1.98. The standard InChI is InChI=1S/C15H18FNO2/c1-3-8-17-15(13-5-4-9-19-13)11-6-7-12(16)14(10-11)18-2/h4-7,9-10,15,17H,3,8H2,1-2H3. The second-order valence-corrected chi connectivity index (χ2v) is 4.30. The Labute approximate surface area is 112 Å². The average Bonchev–Trinajstić information content (AvgIpc) is 2.95. The van der Waals surface area contributed by atoms with Gasteiger partial charge in [-0.2, -0.15) is 0 Å². The van der Waals surface area contributed by atoms with Crippen LogP contribution in [0.2, 0.25) is 0 Å². The van der Waals surface area contributed by atoms with Gasteiger partial charge in [0.25, 0.3) is 0 Å². The van der Waals surface area contributed by atoms with E-state index < -0.39 is 0 Å². The highest BCUT2D eigenvalue weighted by Crippen LogP contribution is 2.27. The van der Waals surface area contributed by atoms with Crippen molar-refractivity contribution in [2.24, 2.45) is 0 Å². The summed E-state index contributed by atoms with van der Waals surface area (Å²) < 4.78 is 23.9. The number of ether oxygens (including phenoxy) is 1. The van der Waals surface area contributed by atoms with Crippen LogP contribution in [-0.4, -0.2) is 13.7 Å². The lowest BCUT2D eigenvalue weighted by Crippen LogP contribution is -2.22. The molecule has 0 saturated heterocycles. The van der Waals surface area contributed by atoms with E-state index in [0.717, 1.165) is 24.3 Å². The van der Waals surface area contributed by atoms with Crippen LogP contribution in [0.15, 0.2) is 41.0 Å². The SMILES string of the molecule is CCCNC(c1ccc(F)c(OC)c1)c1ccco1. The van der Waals surface area contributed by atoms with Crippen molar-refractivity contribution in [3.8, 4) is 5.75 Å². The van der Waals surface area contributed by atoms with Crippen molar-refractivity contribution in [1.29, 1.82) is 0 Å². The number of hydrogen-bond acceptors (Lipinski definition) is 3. The second-order valence-electron chi connectivity index (χ2n) is 4.30. The molecular weight excluding hydrogens is 245 g/mol. The van der Waals surface area contributed by atoms with Crippen LogP contribution in [0, 0.1) is 5.82 Å². The Morgan fingerprint density at radius 3 is 2.84 bits per heavy atom. The maximum Gasteiger partial charge on any atom is 0.165 e. The van der Waals surface area contributed by atoms with E-state index in [2.05, 4.69) is 12.2 Å². The summed E-state index contributed by atoms with van der Waals surface area (Å²) in [6, 6.07) is 8.51. The predicted molar refractivity (Wildman–Crippen MR) is 71.8 cm³/mol. The molecule has 0 aliphatic carbocycles. The molecule has 0 radical (unpaired) electrons. The molecule has 0 amide bonds. The Kier molecular flexibility index (Phi) is 4.58. The van der Waals surface area contributed by atoms with E-state index >= 15 is 0 Å².